The normalized spacial score (nSPS) is 31.0. The molecule has 9 nitrogen and oxygen atoms in total. The first-order valence-corrected chi connectivity index (χ1v) is 13.3. The van der Waals surface area contributed by atoms with Gasteiger partial charge in [0.2, 0.25) is 0 Å². The highest BCUT2D eigenvalue weighted by Crippen LogP contribution is 2.38. The molecule has 0 saturated carbocycles. The van der Waals surface area contributed by atoms with Crippen molar-refractivity contribution in [1.29, 1.82) is 0 Å². The SMILES string of the molecule is COCO[C@@H](C[C@@H](C)[C@H](C)O)C[C@H]1O[C@@H](c2ccc(OC)cc2)O[C@@H]([C@H](C)C[C@@H]2COC(C)(C)O2)[C@@H]1O. The third kappa shape index (κ3) is 8.60. The molecule has 0 amide bonds. The summed E-state index contributed by atoms with van der Waals surface area (Å²) < 4.78 is 40.9. The van der Waals surface area contributed by atoms with Gasteiger partial charge in [-0.15, -0.1) is 0 Å². The second-order valence-electron chi connectivity index (χ2n) is 10.9. The van der Waals surface area contributed by atoms with E-state index in [2.05, 4.69) is 6.92 Å². The molecule has 9 atom stereocenters. The van der Waals surface area contributed by atoms with Crippen LogP contribution in [0.15, 0.2) is 24.3 Å². The molecule has 0 aliphatic carbocycles. The van der Waals surface area contributed by atoms with E-state index in [4.69, 9.17) is 33.2 Å². The van der Waals surface area contributed by atoms with E-state index in [0.29, 0.717) is 25.9 Å². The van der Waals surface area contributed by atoms with Crippen molar-refractivity contribution in [1.82, 2.24) is 0 Å². The number of ether oxygens (including phenoxy) is 7. The summed E-state index contributed by atoms with van der Waals surface area (Å²) >= 11 is 0. The van der Waals surface area contributed by atoms with Gasteiger partial charge in [0, 0.05) is 19.1 Å². The Morgan fingerprint density at radius 3 is 2.32 bits per heavy atom. The zero-order valence-electron chi connectivity index (χ0n) is 23.3. The van der Waals surface area contributed by atoms with Crippen LogP contribution in [0.5, 0.6) is 5.75 Å². The second-order valence-corrected chi connectivity index (χ2v) is 10.9. The third-order valence-corrected chi connectivity index (χ3v) is 7.32. The number of aliphatic hydroxyl groups is 2. The molecule has 3 rings (SSSR count). The van der Waals surface area contributed by atoms with Gasteiger partial charge >= 0.3 is 0 Å². The summed E-state index contributed by atoms with van der Waals surface area (Å²) in [6, 6.07) is 7.54. The van der Waals surface area contributed by atoms with E-state index in [1.54, 1.807) is 21.1 Å². The van der Waals surface area contributed by atoms with Crippen LogP contribution in [0.1, 0.15) is 65.7 Å². The minimum Gasteiger partial charge on any atom is -0.497 e. The highest BCUT2D eigenvalue weighted by atomic mass is 16.7. The Morgan fingerprint density at radius 2 is 1.76 bits per heavy atom. The molecule has 212 valence electrons. The van der Waals surface area contributed by atoms with Crippen LogP contribution < -0.4 is 4.74 Å². The van der Waals surface area contributed by atoms with Crippen molar-refractivity contribution in [2.24, 2.45) is 11.8 Å². The van der Waals surface area contributed by atoms with Gasteiger partial charge in [-0.3, -0.25) is 0 Å². The fourth-order valence-electron chi connectivity index (χ4n) is 4.99. The highest BCUT2D eigenvalue weighted by Gasteiger charge is 2.44. The molecule has 2 aliphatic rings. The quantitative estimate of drug-likeness (QED) is 0.371. The molecule has 37 heavy (non-hydrogen) atoms. The Labute approximate surface area is 221 Å². The summed E-state index contributed by atoms with van der Waals surface area (Å²) in [6.07, 6.45) is -1.71. The Hall–Kier alpha value is -1.30. The molecule has 1 aromatic rings. The van der Waals surface area contributed by atoms with Crippen LogP contribution in [0.4, 0.5) is 0 Å². The van der Waals surface area contributed by atoms with Crippen molar-refractivity contribution >= 4 is 0 Å². The molecular weight excluding hydrogens is 480 g/mol. The molecule has 0 unspecified atom stereocenters. The van der Waals surface area contributed by atoms with E-state index >= 15 is 0 Å². The lowest BCUT2D eigenvalue weighted by atomic mass is 9.87. The molecule has 2 fully saturated rings. The molecule has 2 saturated heterocycles. The van der Waals surface area contributed by atoms with Gasteiger partial charge in [-0.2, -0.15) is 0 Å². The number of rotatable bonds is 13. The second kappa shape index (κ2) is 13.7. The predicted molar refractivity (Wildman–Crippen MR) is 137 cm³/mol. The van der Waals surface area contributed by atoms with Crippen LogP contribution in [-0.2, 0) is 28.4 Å². The fraction of sp³-hybridized carbons (Fsp3) is 0.786. The topological polar surface area (TPSA) is 105 Å². The largest absolute Gasteiger partial charge is 0.497 e. The van der Waals surface area contributed by atoms with E-state index in [0.717, 1.165) is 11.3 Å². The maximum Gasteiger partial charge on any atom is 0.184 e. The van der Waals surface area contributed by atoms with Gasteiger partial charge < -0.3 is 43.4 Å². The van der Waals surface area contributed by atoms with Crippen LogP contribution in [0.25, 0.3) is 0 Å². The minimum atomic E-state index is -0.879. The zero-order chi connectivity index (χ0) is 27.2. The number of methoxy groups -OCH3 is 2. The van der Waals surface area contributed by atoms with Crippen molar-refractivity contribution in [3.63, 3.8) is 0 Å². The Kier molecular flexibility index (Phi) is 11.2. The molecule has 1 aromatic carbocycles. The first-order chi connectivity index (χ1) is 17.5. The molecule has 0 aromatic heterocycles. The molecule has 0 spiro atoms. The number of benzene rings is 1. The Bertz CT molecular complexity index is 799. The lowest BCUT2D eigenvalue weighted by Crippen LogP contribution is -2.51. The number of hydrogen-bond donors (Lipinski definition) is 2. The first-order valence-electron chi connectivity index (χ1n) is 13.3. The standard InChI is InChI=1S/C28H46O9/c1-17(19(3)29)12-22(33-16-31-6)14-24-25(30)26(18(2)13-23-15-34-28(4,5)37-23)36-27(35-24)20-8-10-21(32-7)11-9-20/h8-11,17-19,22-27,29-30H,12-16H2,1-7H3/t17-,18-,19+,22+,23-,24-,25-,26+,27-/m1/s1. The smallest absolute Gasteiger partial charge is 0.184 e. The van der Waals surface area contributed by atoms with E-state index < -0.39 is 36.5 Å². The summed E-state index contributed by atoms with van der Waals surface area (Å²) in [5.74, 6) is 0.107. The summed E-state index contributed by atoms with van der Waals surface area (Å²) in [5, 5.41) is 21.5. The van der Waals surface area contributed by atoms with Crippen LogP contribution in [0, 0.1) is 11.8 Å². The van der Waals surface area contributed by atoms with Crippen LogP contribution in [0.3, 0.4) is 0 Å². The molecule has 9 heteroatoms. The van der Waals surface area contributed by atoms with Gasteiger partial charge in [0.25, 0.3) is 0 Å². The van der Waals surface area contributed by atoms with Crippen molar-refractivity contribution in [3.05, 3.63) is 29.8 Å². The van der Waals surface area contributed by atoms with E-state index in [-0.39, 0.29) is 30.8 Å². The Balaban J connectivity index is 1.79. The maximum absolute atomic E-state index is 11.5. The van der Waals surface area contributed by atoms with E-state index in [9.17, 15) is 10.2 Å². The summed E-state index contributed by atoms with van der Waals surface area (Å²) in [5.41, 5.74) is 0.836. The van der Waals surface area contributed by atoms with E-state index in [1.165, 1.54) is 0 Å². The maximum atomic E-state index is 11.5. The average Bonchev–Trinajstić information content (AvgIpc) is 3.21. The van der Waals surface area contributed by atoms with Gasteiger partial charge in [-0.1, -0.05) is 26.0 Å². The fourth-order valence-corrected chi connectivity index (χ4v) is 4.99. The van der Waals surface area contributed by atoms with Gasteiger partial charge in [0.05, 0.1) is 44.2 Å². The van der Waals surface area contributed by atoms with Crippen LogP contribution in [-0.4, -0.2) is 80.2 Å². The average molecular weight is 527 g/mol. The molecule has 2 N–H and O–H groups in total. The van der Waals surface area contributed by atoms with E-state index in [1.807, 2.05) is 45.0 Å². The zero-order valence-corrected chi connectivity index (χ0v) is 23.3. The lowest BCUT2D eigenvalue weighted by Gasteiger charge is -2.43. The molecule has 0 bridgehead atoms. The summed E-state index contributed by atoms with van der Waals surface area (Å²) in [7, 11) is 3.19. The summed E-state index contributed by atoms with van der Waals surface area (Å²) in [6.45, 7) is 10.2. The van der Waals surface area contributed by atoms with Crippen molar-refractivity contribution < 1.29 is 43.4 Å². The van der Waals surface area contributed by atoms with Crippen LogP contribution in [0.2, 0.25) is 0 Å². The van der Waals surface area contributed by atoms with Crippen molar-refractivity contribution in [2.75, 3.05) is 27.6 Å². The molecule has 0 radical (unpaired) electrons. The van der Waals surface area contributed by atoms with Crippen LogP contribution >= 0.6 is 0 Å². The molecular formula is C28H46O9. The van der Waals surface area contributed by atoms with Gasteiger partial charge in [0.15, 0.2) is 12.1 Å². The predicted octanol–water partition coefficient (Wildman–Crippen LogP) is 3.80. The third-order valence-electron chi connectivity index (χ3n) is 7.32. The highest BCUT2D eigenvalue weighted by molar-refractivity contribution is 5.28. The van der Waals surface area contributed by atoms with Crippen molar-refractivity contribution in [2.45, 2.75) is 103 Å². The molecule has 2 aliphatic heterocycles. The first kappa shape index (κ1) is 30.2. The number of hydrogen-bond acceptors (Lipinski definition) is 9. The number of aliphatic hydroxyl groups excluding tert-OH is 2. The Morgan fingerprint density at radius 1 is 1.05 bits per heavy atom. The van der Waals surface area contributed by atoms with Gasteiger partial charge in [-0.05, 0) is 57.6 Å². The molecule has 2 heterocycles. The van der Waals surface area contributed by atoms with Gasteiger partial charge in [0.1, 0.15) is 18.6 Å². The monoisotopic (exact) mass is 526 g/mol. The van der Waals surface area contributed by atoms with Gasteiger partial charge in [-0.25, -0.2) is 0 Å². The summed E-state index contributed by atoms with van der Waals surface area (Å²) in [4.78, 5) is 0. The van der Waals surface area contributed by atoms with Crippen molar-refractivity contribution in [3.8, 4) is 5.75 Å². The minimum absolute atomic E-state index is 0.00816. The lowest BCUT2D eigenvalue weighted by molar-refractivity contribution is -0.304.